The number of rotatable bonds is 3. The molecule has 0 bridgehead atoms. The first-order valence-corrected chi connectivity index (χ1v) is 19.7. The van der Waals surface area contributed by atoms with E-state index in [-0.39, 0.29) is 0 Å². The summed E-state index contributed by atoms with van der Waals surface area (Å²) >= 11 is -2.70. The van der Waals surface area contributed by atoms with Gasteiger partial charge in [-0.3, -0.25) is 0 Å². The van der Waals surface area contributed by atoms with Crippen molar-refractivity contribution in [1.82, 2.24) is 0 Å². The first kappa shape index (κ1) is 14.2. The summed E-state index contributed by atoms with van der Waals surface area (Å²) in [5.41, 5.74) is 0. The number of benzene rings is 2. The second kappa shape index (κ2) is 5.81. The molecule has 0 aliphatic heterocycles. The van der Waals surface area contributed by atoms with Gasteiger partial charge in [-0.25, -0.2) is 0 Å². The van der Waals surface area contributed by atoms with Gasteiger partial charge in [-0.1, -0.05) is 0 Å². The van der Waals surface area contributed by atoms with E-state index in [0.717, 1.165) is 0 Å². The molecule has 1 atom stereocenters. The fourth-order valence-corrected chi connectivity index (χ4v) is 8.15. The van der Waals surface area contributed by atoms with Gasteiger partial charge < -0.3 is 0 Å². The monoisotopic (exact) mass is 413 g/mol. The first-order chi connectivity index (χ1) is 8.48. The minimum absolute atomic E-state index is 0.825. The van der Waals surface area contributed by atoms with E-state index in [1.54, 1.807) is 8.04 Å². The summed E-state index contributed by atoms with van der Waals surface area (Å²) in [6.45, 7) is 0. The molecule has 0 nitrogen and oxygen atoms in total. The number of hydrogen-bond acceptors (Lipinski definition) is 0. The molecule has 1 unspecified atom stereocenters. The van der Waals surface area contributed by atoms with E-state index in [0.29, 0.717) is 0 Å². The summed E-state index contributed by atoms with van der Waals surface area (Å²) < 4.78 is 4.69. The predicted molar refractivity (Wildman–Crippen MR) is 86.8 cm³/mol. The van der Waals surface area contributed by atoms with E-state index in [1.165, 1.54) is 4.46 Å². The Morgan fingerprint density at radius 2 is 1.22 bits per heavy atom. The molecule has 2 aromatic carbocycles. The average molecular weight is 411 g/mol. The first-order valence-electron chi connectivity index (χ1n) is 6.30. The predicted octanol–water partition coefficient (Wildman–Crippen LogP) is 2.47. The van der Waals surface area contributed by atoms with Crippen LogP contribution in [0.2, 0.25) is 20.6 Å². The molecular formula is C16H21SeSn+. The molecule has 0 saturated heterocycles. The van der Waals surface area contributed by atoms with Gasteiger partial charge in [0.05, 0.1) is 0 Å². The molecule has 94 valence electrons. The molecule has 0 amide bonds. The second-order valence-corrected chi connectivity index (χ2v) is 24.2. The Bertz CT molecular complexity index is 497. The van der Waals surface area contributed by atoms with Gasteiger partial charge in [-0.2, -0.15) is 0 Å². The molecule has 0 radical (unpaired) electrons. The summed E-state index contributed by atoms with van der Waals surface area (Å²) in [5.74, 6) is 2.41. The zero-order chi connectivity index (χ0) is 13.2. The molecule has 0 saturated carbocycles. The topological polar surface area (TPSA) is 0 Å². The summed E-state index contributed by atoms with van der Waals surface area (Å²) in [7, 11) is 0. The van der Waals surface area contributed by atoms with Crippen molar-refractivity contribution in [2.24, 2.45) is 0 Å². The maximum absolute atomic E-state index is 2.47. The molecule has 0 N–H and O–H groups in total. The Hall–Kier alpha value is -0.242. The molecule has 0 aliphatic rings. The fourth-order valence-electron chi connectivity index (χ4n) is 1.92. The van der Waals surface area contributed by atoms with Gasteiger partial charge in [0.1, 0.15) is 0 Å². The van der Waals surface area contributed by atoms with Crippen LogP contribution in [-0.2, 0) is 0 Å². The molecule has 0 spiro atoms. The van der Waals surface area contributed by atoms with Crippen molar-refractivity contribution in [2.45, 2.75) is 20.6 Å². The number of hydrogen-bond donors (Lipinski definition) is 0. The third-order valence-corrected chi connectivity index (χ3v) is 13.2. The molecule has 2 heteroatoms. The molecule has 18 heavy (non-hydrogen) atoms. The van der Waals surface area contributed by atoms with Crippen LogP contribution in [0.25, 0.3) is 0 Å². The van der Waals surface area contributed by atoms with Gasteiger partial charge in [0, 0.05) is 0 Å². The van der Waals surface area contributed by atoms with Crippen LogP contribution < -0.4 is 12.5 Å². The van der Waals surface area contributed by atoms with Gasteiger partial charge in [0.15, 0.2) is 0 Å². The normalized spacial score (nSPS) is 13.3. The standard InChI is InChI=1S/C13H12Se.3CH3.Sn/c1-14(12-8-4-2-5-9-12)13-10-6-3-7-11-13;;;;/h2,4-11H,1H3;3*1H3;/q+1;;;;. The van der Waals surface area contributed by atoms with Gasteiger partial charge in [0.25, 0.3) is 0 Å². The summed E-state index contributed by atoms with van der Waals surface area (Å²) in [5, 5.41) is 0. The molecule has 2 rings (SSSR count). The van der Waals surface area contributed by atoms with Crippen LogP contribution in [0.5, 0.6) is 0 Å². The maximum atomic E-state index is 2.47. The summed E-state index contributed by atoms with van der Waals surface area (Å²) in [4.78, 5) is 7.42. The summed E-state index contributed by atoms with van der Waals surface area (Å²) in [6, 6.07) is 20.4. The van der Waals surface area contributed by atoms with Crippen LogP contribution >= 0.6 is 0 Å². The van der Waals surface area contributed by atoms with E-state index >= 15 is 0 Å². The zero-order valence-corrected chi connectivity index (χ0v) is 16.2. The van der Waals surface area contributed by atoms with Gasteiger partial charge in [-0.05, 0) is 0 Å². The molecule has 2 aromatic rings. The van der Waals surface area contributed by atoms with E-state index in [4.69, 9.17) is 0 Å². The van der Waals surface area contributed by atoms with Crippen molar-refractivity contribution < 1.29 is 0 Å². The van der Waals surface area contributed by atoms with Crippen LogP contribution in [0, 0.1) is 0 Å². The molecule has 0 aromatic heterocycles. The Balaban J connectivity index is 2.25. The molecule has 0 fully saturated rings. The Morgan fingerprint density at radius 1 is 0.722 bits per heavy atom. The Morgan fingerprint density at radius 3 is 1.72 bits per heavy atom. The van der Waals surface area contributed by atoms with Crippen LogP contribution in [0.4, 0.5) is 0 Å². The van der Waals surface area contributed by atoms with E-state index in [2.05, 4.69) is 75.2 Å². The third kappa shape index (κ3) is 3.40. The van der Waals surface area contributed by atoms with Crippen molar-refractivity contribution in [3.63, 3.8) is 0 Å². The van der Waals surface area contributed by atoms with Crippen LogP contribution in [0.15, 0.2) is 54.6 Å². The zero-order valence-electron chi connectivity index (χ0n) is 11.6. The van der Waals surface area contributed by atoms with Crippen LogP contribution in [0.1, 0.15) is 0 Å². The van der Waals surface area contributed by atoms with Crippen molar-refractivity contribution in [1.29, 1.82) is 0 Å². The Kier molecular flexibility index (Phi) is 4.58. The summed E-state index contributed by atoms with van der Waals surface area (Å²) in [6.07, 6.45) is 0. The van der Waals surface area contributed by atoms with Crippen LogP contribution in [0.3, 0.4) is 0 Å². The van der Waals surface area contributed by atoms with E-state index in [9.17, 15) is 0 Å². The van der Waals surface area contributed by atoms with Crippen molar-refractivity contribution in [2.75, 3.05) is 0 Å². The SMILES string of the molecule is C[Se+](c1ccccc1)c1cc[c]([Sn]([CH3])([CH3])[CH3])cc1. The van der Waals surface area contributed by atoms with E-state index < -0.39 is 32.3 Å². The molecular weight excluding hydrogens is 390 g/mol. The van der Waals surface area contributed by atoms with Crippen molar-refractivity contribution in [3.8, 4) is 0 Å². The van der Waals surface area contributed by atoms with Crippen molar-refractivity contribution in [3.05, 3.63) is 54.6 Å². The molecule has 0 heterocycles. The van der Waals surface area contributed by atoms with Crippen LogP contribution in [-0.4, -0.2) is 32.3 Å². The van der Waals surface area contributed by atoms with Gasteiger partial charge >= 0.3 is 120 Å². The quantitative estimate of drug-likeness (QED) is 0.682. The average Bonchev–Trinajstić information content (AvgIpc) is 2.38. The van der Waals surface area contributed by atoms with Gasteiger partial charge in [-0.15, -0.1) is 0 Å². The third-order valence-electron chi connectivity index (χ3n) is 3.17. The minimum atomic E-state index is -1.87. The fraction of sp³-hybridized carbons (Fsp3) is 0.250. The van der Waals surface area contributed by atoms with E-state index in [1.807, 2.05) is 0 Å². The molecule has 0 aliphatic carbocycles. The Labute approximate surface area is 119 Å². The second-order valence-electron chi connectivity index (χ2n) is 5.60. The van der Waals surface area contributed by atoms with Crippen molar-refractivity contribution >= 4 is 44.8 Å². The van der Waals surface area contributed by atoms with Gasteiger partial charge in [0.2, 0.25) is 0 Å².